The van der Waals surface area contributed by atoms with Gasteiger partial charge in [0.15, 0.2) is 5.75 Å². The summed E-state index contributed by atoms with van der Waals surface area (Å²) in [5.74, 6) is 0.116. The van der Waals surface area contributed by atoms with Crippen molar-refractivity contribution in [2.24, 2.45) is 0 Å². The van der Waals surface area contributed by atoms with E-state index in [-0.39, 0.29) is 17.9 Å². The second-order valence-corrected chi connectivity index (χ2v) is 3.99. The van der Waals surface area contributed by atoms with E-state index in [9.17, 15) is 18.0 Å². The van der Waals surface area contributed by atoms with Crippen LogP contribution in [0.3, 0.4) is 0 Å². The summed E-state index contributed by atoms with van der Waals surface area (Å²) < 4.78 is 48.0. The van der Waals surface area contributed by atoms with Gasteiger partial charge in [0, 0.05) is 13.1 Å². The van der Waals surface area contributed by atoms with Crippen molar-refractivity contribution in [2.45, 2.75) is 6.18 Å². The number of benzene rings is 1. The van der Waals surface area contributed by atoms with Crippen LogP contribution in [0.5, 0.6) is 5.75 Å². The van der Waals surface area contributed by atoms with Crippen molar-refractivity contribution in [2.75, 3.05) is 31.2 Å². The average molecular weight is 275 g/mol. The van der Waals surface area contributed by atoms with E-state index < -0.39 is 11.7 Å². The Labute approximate surface area is 107 Å². The number of hydrogen-bond acceptors (Lipinski definition) is 4. The molecule has 0 unspecified atom stereocenters. The van der Waals surface area contributed by atoms with Crippen LogP contribution in [0.4, 0.5) is 18.9 Å². The number of anilines is 1. The van der Waals surface area contributed by atoms with Crippen LogP contribution in [-0.2, 0) is 15.7 Å². The highest BCUT2D eigenvalue weighted by atomic mass is 19.4. The van der Waals surface area contributed by atoms with E-state index in [4.69, 9.17) is 9.47 Å². The van der Waals surface area contributed by atoms with Gasteiger partial charge in [0.1, 0.15) is 0 Å². The van der Waals surface area contributed by atoms with Crippen LogP contribution in [0.1, 0.15) is 5.56 Å². The van der Waals surface area contributed by atoms with Crippen molar-refractivity contribution in [1.82, 2.24) is 0 Å². The SMILES string of the molecule is O=COc1ccc(C(F)(F)F)cc1N1CCOCC1. The highest BCUT2D eigenvalue weighted by Gasteiger charge is 2.32. The van der Waals surface area contributed by atoms with Crippen molar-refractivity contribution in [3.63, 3.8) is 0 Å². The molecule has 0 amide bonds. The summed E-state index contributed by atoms with van der Waals surface area (Å²) in [6, 6.07) is 3.04. The third kappa shape index (κ3) is 3.17. The van der Waals surface area contributed by atoms with Gasteiger partial charge in [-0.1, -0.05) is 0 Å². The molecule has 1 aliphatic rings. The fourth-order valence-electron chi connectivity index (χ4n) is 1.90. The molecule has 2 rings (SSSR count). The zero-order valence-corrected chi connectivity index (χ0v) is 9.94. The predicted molar refractivity (Wildman–Crippen MR) is 61.2 cm³/mol. The molecule has 0 bridgehead atoms. The molecule has 0 atom stereocenters. The highest BCUT2D eigenvalue weighted by Crippen LogP contribution is 2.36. The molecule has 1 heterocycles. The molecular weight excluding hydrogens is 263 g/mol. The number of morpholine rings is 1. The van der Waals surface area contributed by atoms with E-state index in [1.165, 1.54) is 0 Å². The molecule has 0 N–H and O–H groups in total. The standard InChI is InChI=1S/C12H12F3NO3/c13-12(14,15)9-1-2-11(19-8-17)10(7-9)16-3-5-18-6-4-16/h1-2,7-8H,3-6H2. The van der Waals surface area contributed by atoms with E-state index >= 15 is 0 Å². The molecule has 0 radical (unpaired) electrons. The maximum atomic E-state index is 12.7. The minimum atomic E-state index is -4.43. The Morgan fingerprint density at radius 3 is 2.53 bits per heavy atom. The van der Waals surface area contributed by atoms with Gasteiger partial charge in [-0.3, -0.25) is 4.79 Å². The first-order chi connectivity index (χ1) is 9.02. The second kappa shape index (κ2) is 5.48. The molecule has 1 saturated heterocycles. The third-order valence-corrected chi connectivity index (χ3v) is 2.81. The normalized spacial score (nSPS) is 16.3. The number of carbonyl (C=O) groups excluding carboxylic acids is 1. The molecule has 1 fully saturated rings. The van der Waals surface area contributed by atoms with Gasteiger partial charge in [-0.25, -0.2) is 0 Å². The Bertz CT molecular complexity index is 456. The number of ether oxygens (including phenoxy) is 2. The van der Waals surface area contributed by atoms with Gasteiger partial charge >= 0.3 is 6.18 Å². The van der Waals surface area contributed by atoms with E-state index in [0.717, 1.165) is 18.2 Å². The van der Waals surface area contributed by atoms with Gasteiger partial charge < -0.3 is 14.4 Å². The summed E-state index contributed by atoms with van der Waals surface area (Å²) in [7, 11) is 0. The molecular formula is C12H12F3NO3. The van der Waals surface area contributed by atoms with Gasteiger partial charge in [-0.2, -0.15) is 13.2 Å². The molecule has 0 spiro atoms. The summed E-state index contributed by atoms with van der Waals surface area (Å²) in [5, 5.41) is 0. The molecule has 4 nitrogen and oxygen atoms in total. The van der Waals surface area contributed by atoms with E-state index in [2.05, 4.69) is 0 Å². The van der Waals surface area contributed by atoms with Crippen LogP contribution >= 0.6 is 0 Å². The quantitative estimate of drug-likeness (QED) is 0.792. The molecule has 104 valence electrons. The van der Waals surface area contributed by atoms with Crippen LogP contribution in [0.15, 0.2) is 18.2 Å². The monoisotopic (exact) mass is 275 g/mol. The van der Waals surface area contributed by atoms with Crippen LogP contribution in [-0.4, -0.2) is 32.8 Å². The van der Waals surface area contributed by atoms with Crippen molar-refractivity contribution in [3.05, 3.63) is 23.8 Å². The van der Waals surface area contributed by atoms with Crippen molar-refractivity contribution in [3.8, 4) is 5.75 Å². The Hall–Kier alpha value is -1.76. The topological polar surface area (TPSA) is 38.8 Å². The van der Waals surface area contributed by atoms with Gasteiger partial charge in [-0.05, 0) is 18.2 Å². The average Bonchev–Trinajstić information content (AvgIpc) is 2.39. The number of nitrogens with zero attached hydrogens (tertiary/aromatic N) is 1. The van der Waals surface area contributed by atoms with Gasteiger partial charge in [-0.15, -0.1) is 0 Å². The fraction of sp³-hybridized carbons (Fsp3) is 0.417. The molecule has 0 aliphatic carbocycles. The van der Waals surface area contributed by atoms with Gasteiger partial charge in [0.2, 0.25) is 0 Å². The van der Waals surface area contributed by atoms with Crippen LogP contribution in [0.2, 0.25) is 0 Å². The minimum Gasteiger partial charge on any atom is -0.427 e. The number of alkyl halides is 3. The summed E-state index contributed by atoms with van der Waals surface area (Å²) in [6.45, 7) is 1.97. The van der Waals surface area contributed by atoms with E-state index in [1.54, 1.807) is 4.90 Å². The molecule has 0 aromatic heterocycles. The van der Waals surface area contributed by atoms with Crippen LogP contribution in [0, 0.1) is 0 Å². The lowest BCUT2D eigenvalue weighted by atomic mass is 10.1. The lowest BCUT2D eigenvalue weighted by Gasteiger charge is -2.30. The first-order valence-electron chi connectivity index (χ1n) is 5.66. The van der Waals surface area contributed by atoms with Gasteiger partial charge in [0.25, 0.3) is 6.47 Å². The Kier molecular flexibility index (Phi) is 3.94. The molecule has 1 aromatic carbocycles. The van der Waals surface area contributed by atoms with Crippen LogP contribution in [0.25, 0.3) is 0 Å². The van der Waals surface area contributed by atoms with Crippen molar-refractivity contribution in [1.29, 1.82) is 0 Å². The van der Waals surface area contributed by atoms with E-state index in [1.807, 2.05) is 0 Å². The van der Waals surface area contributed by atoms with Crippen molar-refractivity contribution < 1.29 is 27.4 Å². The maximum absolute atomic E-state index is 12.7. The van der Waals surface area contributed by atoms with E-state index in [0.29, 0.717) is 26.3 Å². The fourth-order valence-corrected chi connectivity index (χ4v) is 1.90. The Balaban J connectivity index is 2.37. The van der Waals surface area contributed by atoms with Crippen LogP contribution < -0.4 is 9.64 Å². The maximum Gasteiger partial charge on any atom is 0.416 e. The highest BCUT2D eigenvalue weighted by molar-refractivity contribution is 5.64. The number of rotatable bonds is 3. The summed E-state index contributed by atoms with van der Waals surface area (Å²) in [4.78, 5) is 12.1. The van der Waals surface area contributed by atoms with Gasteiger partial charge in [0.05, 0.1) is 24.5 Å². The number of carbonyl (C=O) groups is 1. The number of halogens is 3. The Morgan fingerprint density at radius 2 is 1.95 bits per heavy atom. The lowest BCUT2D eigenvalue weighted by molar-refractivity contribution is -0.137. The largest absolute Gasteiger partial charge is 0.427 e. The Morgan fingerprint density at radius 1 is 1.26 bits per heavy atom. The first-order valence-corrected chi connectivity index (χ1v) is 5.66. The first kappa shape index (κ1) is 13.7. The van der Waals surface area contributed by atoms with Crippen molar-refractivity contribution >= 4 is 12.2 Å². The number of hydrogen-bond donors (Lipinski definition) is 0. The molecule has 1 aromatic rings. The molecule has 7 heteroatoms. The smallest absolute Gasteiger partial charge is 0.416 e. The zero-order valence-electron chi connectivity index (χ0n) is 9.94. The molecule has 1 aliphatic heterocycles. The lowest BCUT2D eigenvalue weighted by Crippen LogP contribution is -2.36. The summed E-state index contributed by atoms with van der Waals surface area (Å²) in [5.41, 5.74) is -0.516. The molecule has 19 heavy (non-hydrogen) atoms. The third-order valence-electron chi connectivity index (χ3n) is 2.81. The zero-order chi connectivity index (χ0) is 13.9. The predicted octanol–water partition coefficient (Wildman–Crippen LogP) is 2.08. The second-order valence-electron chi connectivity index (χ2n) is 3.99. The summed E-state index contributed by atoms with van der Waals surface area (Å²) in [6.07, 6.45) is -4.43. The minimum absolute atomic E-state index is 0.116. The summed E-state index contributed by atoms with van der Waals surface area (Å²) >= 11 is 0. The molecule has 0 saturated carbocycles.